The van der Waals surface area contributed by atoms with Crippen LogP contribution in [0.4, 0.5) is 5.00 Å². The van der Waals surface area contributed by atoms with Gasteiger partial charge in [0.25, 0.3) is 0 Å². The van der Waals surface area contributed by atoms with Crippen molar-refractivity contribution >= 4 is 34.0 Å². The van der Waals surface area contributed by atoms with Crippen molar-refractivity contribution in [1.82, 2.24) is 20.2 Å². The molecule has 10 heteroatoms. The number of carbonyl (C=O) groups excluding carboxylic acids is 1. The molecule has 0 aliphatic carbocycles. The summed E-state index contributed by atoms with van der Waals surface area (Å²) >= 11 is 2.70. The largest absolute Gasteiger partial charge is 0.494 e. The second-order valence-corrected chi connectivity index (χ2v) is 7.45. The molecule has 27 heavy (non-hydrogen) atoms. The number of nitrogens with one attached hydrogen (secondary N) is 1. The Morgan fingerprint density at radius 3 is 3.07 bits per heavy atom. The SMILES string of the molecule is COc1ccc(C)cc1-n1nnnc1SCCC(=O)Nc1sccc1C#N. The fraction of sp³-hybridized carbons (Fsp3) is 0.235. The Hall–Kier alpha value is -2.90. The molecule has 0 atom stereocenters. The van der Waals surface area contributed by atoms with Crippen molar-refractivity contribution in [3.63, 3.8) is 0 Å². The zero-order valence-electron chi connectivity index (χ0n) is 14.7. The number of benzene rings is 1. The third-order valence-electron chi connectivity index (χ3n) is 3.60. The molecule has 0 bridgehead atoms. The van der Waals surface area contributed by atoms with Crippen molar-refractivity contribution in [2.75, 3.05) is 18.2 Å². The van der Waals surface area contributed by atoms with Gasteiger partial charge in [-0.3, -0.25) is 4.79 Å². The normalized spacial score (nSPS) is 10.4. The number of ether oxygens (including phenoxy) is 1. The number of carbonyl (C=O) groups is 1. The van der Waals surface area contributed by atoms with Gasteiger partial charge in [-0.1, -0.05) is 17.8 Å². The van der Waals surface area contributed by atoms with Gasteiger partial charge in [0.2, 0.25) is 11.1 Å². The zero-order valence-corrected chi connectivity index (χ0v) is 16.3. The molecule has 0 radical (unpaired) electrons. The third-order valence-corrected chi connectivity index (χ3v) is 5.35. The molecule has 8 nitrogen and oxygen atoms in total. The number of thiophene rings is 1. The molecule has 2 aromatic heterocycles. The highest BCUT2D eigenvalue weighted by molar-refractivity contribution is 7.99. The number of nitrogens with zero attached hydrogens (tertiary/aromatic N) is 5. The summed E-state index contributed by atoms with van der Waals surface area (Å²) in [5.74, 6) is 0.996. The van der Waals surface area contributed by atoms with E-state index in [1.165, 1.54) is 23.1 Å². The molecule has 3 aromatic rings. The van der Waals surface area contributed by atoms with E-state index in [0.29, 0.717) is 27.2 Å². The molecule has 1 amide bonds. The molecule has 3 rings (SSSR count). The van der Waals surface area contributed by atoms with Crippen LogP contribution in [0.3, 0.4) is 0 Å². The van der Waals surface area contributed by atoms with E-state index in [9.17, 15) is 4.79 Å². The van der Waals surface area contributed by atoms with Crippen LogP contribution in [0.5, 0.6) is 5.75 Å². The maximum absolute atomic E-state index is 12.1. The number of aromatic nitrogens is 4. The molecule has 2 heterocycles. The summed E-state index contributed by atoms with van der Waals surface area (Å²) in [7, 11) is 1.59. The van der Waals surface area contributed by atoms with Crippen molar-refractivity contribution in [1.29, 1.82) is 5.26 Å². The van der Waals surface area contributed by atoms with Gasteiger partial charge in [-0.05, 0) is 46.5 Å². The van der Waals surface area contributed by atoms with E-state index in [2.05, 4.69) is 20.8 Å². The number of hydrogen-bond acceptors (Lipinski definition) is 8. The Bertz CT molecular complexity index is 991. The van der Waals surface area contributed by atoms with Crippen molar-refractivity contribution in [3.8, 4) is 17.5 Å². The monoisotopic (exact) mass is 400 g/mol. The summed E-state index contributed by atoms with van der Waals surface area (Å²) in [6, 6.07) is 9.48. The number of amides is 1. The number of anilines is 1. The summed E-state index contributed by atoms with van der Waals surface area (Å²) in [4.78, 5) is 12.1. The Morgan fingerprint density at radius 1 is 1.44 bits per heavy atom. The predicted molar refractivity (Wildman–Crippen MR) is 103 cm³/mol. The molecular weight excluding hydrogens is 384 g/mol. The molecular formula is C17H16N6O2S2. The highest BCUT2D eigenvalue weighted by Gasteiger charge is 2.15. The van der Waals surface area contributed by atoms with Crippen LogP contribution < -0.4 is 10.1 Å². The summed E-state index contributed by atoms with van der Waals surface area (Å²) in [6.45, 7) is 1.98. The number of thioether (sulfide) groups is 1. The summed E-state index contributed by atoms with van der Waals surface area (Å²) in [5, 5.41) is 26.5. The smallest absolute Gasteiger partial charge is 0.225 e. The van der Waals surface area contributed by atoms with E-state index in [-0.39, 0.29) is 12.3 Å². The topological polar surface area (TPSA) is 106 Å². The van der Waals surface area contributed by atoms with Crippen LogP contribution in [0.15, 0.2) is 34.8 Å². The summed E-state index contributed by atoms with van der Waals surface area (Å²) < 4.78 is 6.99. The lowest BCUT2D eigenvalue weighted by atomic mass is 10.2. The first-order valence-electron chi connectivity index (χ1n) is 7.96. The highest BCUT2D eigenvalue weighted by Crippen LogP contribution is 2.27. The molecule has 0 saturated carbocycles. The fourth-order valence-electron chi connectivity index (χ4n) is 2.30. The number of tetrazole rings is 1. The summed E-state index contributed by atoms with van der Waals surface area (Å²) in [5.41, 5.74) is 2.27. The fourth-order valence-corrected chi connectivity index (χ4v) is 3.88. The highest BCUT2D eigenvalue weighted by atomic mass is 32.2. The maximum Gasteiger partial charge on any atom is 0.225 e. The van der Waals surface area contributed by atoms with Gasteiger partial charge >= 0.3 is 0 Å². The van der Waals surface area contributed by atoms with Crippen molar-refractivity contribution < 1.29 is 9.53 Å². The quantitative estimate of drug-likeness (QED) is 0.608. The maximum atomic E-state index is 12.1. The minimum Gasteiger partial charge on any atom is -0.494 e. The van der Waals surface area contributed by atoms with Crippen molar-refractivity contribution in [2.45, 2.75) is 18.5 Å². The van der Waals surface area contributed by atoms with Gasteiger partial charge < -0.3 is 10.1 Å². The molecule has 138 valence electrons. The molecule has 0 aliphatic heterocycles. The molecule has 0 saturated heterocycles. The molecule has 1 aromatic carbocycles. The second kappa shape index (κ2) is 8.66. The van der Waals surface area contributed by atoms with Crippen molar-refractivity contribution in [2.24, 2.45) is 0 Å². The van der Waals surface area contributed by atoms with Crippen LogP contribution in [0, 0.1) is 18.3 Å². The van der Waals surface area contributed by atoms with E-state index >= 15 is 0 Å². The van der Waals surface area contributed by atoms with Gasteiger partial charge in [-0.2, -0.15) is 9.94 Å². The summed E-state index contributed by atoms with van der Waals surface area (Å²) in [6.07, 6.45) is 0.269. The number of methoxy groups -OCH3 is 1. The van der Waals surface area contributed by atoms with E-state index in [4.69, 9.17) is 10.00 Å². The van der Waals surface area contributed by atoms with Crippen LogP contribution in [-0.4, -0.2) is 39.0 Å². The first-order chi connectivity index (χ1) is 13.1. The Morgan fingerprint density at radius 2 is 2.30 bits per heavy atom. The van der Waals surface area contributed by atoms with Gasteiger partial charge in [-0.25, -0.2) is 0 Å². The minimum atomic E-state index is -0.159. The van der Waals surface area contributed by atoms with E-state index in [1.807, 2.05) is 31.2 Å². The lowest BCUT2D eigenvalue weighted by Crippen LogP contribution is -2.12. The van der Waals surface area contributed by atoms with E-state index in [0.717, 1.165) is 11.3 Å². The van der Waals surface area contributed by atoms with E-state index < -0.39 is 0 Å². The first kappa shape index (κ1) is 18.9. The average molecular weight is 400 g/mol. The predicted octanol–water partition coefficient (Wildman–Crippen LogP) is 3.03. The van der Waals surface area contributed by atoms with Crippen LogP contribution in [-0.2, 0) is 4.79 Å². The minimum absolute atomic E-state index is 0.159. The Kier molecular flexibility index (Phi) is 6.05. The first-order valence-corrected chi connectivity index (χ1v) is 9.82. The molecule has 1 N–H and O–H groups in total. The standard InChI is InChI=1S/C17H16N6O2S2/c1-11-3-4-14(25-2)13(9-11)23-17(20-21-22-23)27-8-6-15(24)19-16-12(10-18)5-7-26-16/h3-5,7,9H,6,8H2,1-2H3,(H,19,24). The van der Waals surface area contributed by atoms with Gasteiger partial charge in [0.05, 0.1) is 12.7 Å². The third kappa shape index (κ3) is 4.45. The van der Waals surface area contributed by atoms with E-state index in [1.54, 1.807) is 23.2 Å². The lowest BCUT2D eigenvalue weighted by molar-refractivity contribution is -0.115. The van der Waals surface area contributed by atoms with Crippen molar-refractivity contribution in [3.05, 3.63) is 40.8 Å². The number of rotatable bonds is 7. The Balaban J connectivity index is 1.64. The van der Waals surface area contributed by atoms with Gasteiger partial charge in [0, 0.05) is 12.2 Å². The average Bonchev–Trinajstić information content (AvgIpc) is 3.30. The van der Waals surface area contributed by atoms with Crippen LogP contribution in [0.2, 0.25) is 0 Å². The molecule has 0 unspecified atom stereocenters. The number of nitriles is 1. The van der Waals surface area contributed by atoms with Crippen LogP contribution in [0.1, 0.15) is 17.5 Å². The molecule has 0 aliphatic rings. The Labute approximate surface area is 164 Å². The van der Waals surface area contributed by atoms with Gasteiger partial charge in [0.15, 0.2) is 0 Å². The number of hydrogen-bond donors (Lipinski definition) is 1. The molecule has 0 fully saturated rings. The second-order valence-electron chi connectivity index (χ2n) is 5.47. The number of aryl methyl sites for hydroxylation is 1. The molecule has 0 spiro atoms. The van der Waals surface area contributed by atoms with Gasteiger partial charge in [-0.15, -0.1) is 16.4 Å². The lowest BCUT2D eigenvalue weighted by Gasteiger charge is -2.10. The zero-order chi connectivity index (χ0) is 19.2. The van der Waals surface area contributed by atoms with Crippen LogP contribution >= 0.6 is 23.1 Å². The van der Waals surface area contributed by atoms with Gasteiger partial charge in [0.1, 0.15) is 22.5 Å². The van der Waals surface area contributed by atoms with Crippen LogP contribution in [0.25, 0.3) is 5.69 Å².